The van der Waals surface area contributed by atoms with Gasteiger partial charge in [0, 0.05) is 12.3 Å². The maximum atomic E-state index is 13.9. The van der Waals surface area contributed by atoms with Crippen molar-refractivity contribution < 1.29 is 13.6 Å². The van der Waals surface area contributed by atoms with E-state index in [9.17, 15) is 18.4 Å². The summed E-state index contributed by atoms with van der Waals surface area (Å²) in [7, 11) is 0. The van der Waals surface area contributed by atoms with Crippen LogP contribution in [0.5, 0.6) is 0 Å². The van der Waals surface area contributed by atoms with Gasteiger partial charge in [-0.25, -0.2) is 18.4 Å². The van der Waals surface area contributed by atoms with Crippen molar-refractivity contribution in [2.75, 3.05) is 5.32 Å². The Bertz CT molecular complexity index is 1340. The first-order valence-corrected chi connectivity index (χ1v) is 9.24. The maximum Gasteiger partial charge on any atom is 0.280 e. The van der Waals surface area contributed by atoms with Gasteiger partial charge in [0.15, 0.2) is 5.65 Å². The average Bonchev–Trinajstić information content (AvgIpc) is 2.98. The summed E-state index contributed by atoms with van der Waals surface area (Å²) in [5, 5.41) is 2.77. The molecule has 4 rings (SSSR count). The minimum Gasteiger partial charge on any atom is -0.322 e. The quantitative estimate of drug-likeness (QED) is 0.560. The van der Waals surface area contributed by atoms with Crippen LogP contribution in [-0.4, -0.2) is 20.3 Å². The van der Waals surface area contributed by atoms with E-state index in [0.29, 0.717) is 22.8 Å². The Balaban J connectivity index is 1.78. The zero-order chi connectivity index (χ0) is 21.4. The number of aromatic nitrogens is 3. The van der Waals surface area contributed by atoms with Gasteiger partial charge in [0.1, 0.15) is 18.2 Å². The molecule has 0 bridgehead atoms. The van der Waals surface area contributed by atoms with Crippen LogP contribution >= 0.6 is 0 Å². The van der Waals surface area contributed by atoms with Gasteiger partial charge < -0.3 is 5.32 Å². The fourth-order valence-corrected chi connectivity index (χ4v) is 3.26. The Kier molecular flexibility index (Phi) is 4.91. The van der Waals surface area contributed by atoms with Crippen LogP contribution in [0.2, 0.25) is 0 Å². The lowest BCUT2D eigenvalue weighted by Crippen LogP contribution is -2.27. The van der Waals surface area contributed by atoms with E-state index in [1.54, 1.807) is 18.2 Å². The van der Waals surface area contributed by atoms with Crippen molar-refractivity contribution in [2.24, 2.45) is 0 Å². The van der Waals surface area contributed by atoms with Gasteiger partial charge in [-0.2, -0.15) is 0 Å². The molecule has 0 radical (unpaired) electrons. The molecule has 0 unspecified atom stereocenters. The van der Waals surface area contributed by atoms with Crippen LogP contribution in [0.25, 0.3) is 16.7 Å². The van der Waals surface area contributed by atoms with Gasteiger partial charge in [-0.1, -0.05) is 6.07 Å². The fraction of sp³-hybridized carbons (Fsp3) is 0.136. The van der Waals surface area contributed by atoms with Gasteiger partial charge in [0.2, 0.25) is 5.91 Å². The van der Waals surface area contributed by atoms with E-state index >= 15 is 0 Å². The summed E-state index contributed by atoms with van der Waals surface area (Å²) in [4.78, 5) is 29.9. The molecule has 4 aromatic rings. The Morgan fingerprint density at radius 1 is 1.07 bits per heavy atom. The highest BCUT2D eigenvalue weighted by molar-refractivity contribution is 5.91. The number of nitrogens with zero attached hydrogens (tertiary/aromatic N) is 3. The molecule has 2 aromatic heterocycles. The highest BCUT2D eigenvalue weighted by atomic mass is 19.1. The second kappa shape index (κ2) is 7.55. The zero-order valence-corrected chi connectivity index (χ0v) is 16.3. The second-order valence-electron chi connectivity index (χ2n) is 6.99. The minimum absolute atomic E-state index is 0.147. The number of nitrogens with one attached hydrogen (secondary N) is 1. The third-order valence-electron chi connectivity index (χ3n) is 4.93. The number of anilines is 1. The number of carbonyl (C=O) groups is 1. The monoisotopic (exact) mass is 408 g/mol. The number of rotatable bonds is 4. The standard InChI is InChI=1S/C22H18F2N4O2/c1-13-5-7-16(10-14(13)2)28-22(30)17-4-3-9-25-21(17)27(28)12-20(29)26-19-8-6-15(23)11-18(19)24/h3-11H,12H2,1-2H3,(H,26,29). The molecule has 0 aliphatic rings. The first kappa shape index (κ1) is 19.5. The van der Waals surface area contributed by atoms with Crippen LogP contribution in [0.4, 0.5) is 14.5 Å². The van der Waals surface area contributed by atoms with Crippen LogP contribution in [0.3, 0.4) is 0 Å². The molecular formula is C22H18F2N4O2. The van der Waals surface area contributed by atoms with Crippen LogP contribution in [0.1, 0.15) is 11.1 Å². The van der Waals surface area contributed by atoms with Crippen molar-refractivity contribution in [1.29, 1.82) is 0 Å². The molecule has 0 atom stereocenters. The molecule has 0 spiro atoms. The number of amides is 1. The van der Waals surface area contributed by atoms with E-state index in [1.807, 2.05) is 26.0 Å². The summed E-state index contributed by atoms with van der Waals surface area (Å²) < 4.78 is 29.8. The maximum absolute atomic E-state index is 13.9. The Labute approximate surface area is 170 Å². The van der Waals surface area contributed by atoms with Gasteiger partial charge in [-0.3, -0.25) is 14.3 Å². The van der Waals surface area contributed by atoms with Gasteiger partial charge >= 0.3 is 0 Å². The summed E-state index contributed by atoms with van der Waals surface area (Å²) in [5.41, 5.74) is 2.50. The molecule has 0 fully saturated rings. The number of hydrogen-bond acceptors (Lipinski definition) is 3. The molecule has 2 heterocycles. The molecule has 152 valence electrons. The predicted molar refractivity (Wildman–Crippen MR) is 110 cm³/mol. The van der Waals surface area contributed by atoms with Gasteiger partial charge in [0.25, 0.3) is 5.56 Å². The number of aryl methyl sites for hydroxylation is 2. The average molecular weight is 408 g/mol. The Morgan fingerprint density at radius 2 is 1.87 bits per heavy atom. The van der Waals surface area contributed by atoms with Crippen LogP contribution in [-0.2, 0) is 11.3 Å². The first-order chi connectivity index (χ1) is 14.3. The molecule has 30 heavy (non-hydrogen) atoms. The predicted octanol–water partition coefficient (Wildman–Crippen LogP) is 3.72. The van der Waals surface area contributed by atoms with E-state index in [4.69, 9.17) is 0 Å². The van der Waals surface area contributed by atoms with Crippen molar-refractivity contribution in [3.8, 4) is 5.69 Å². The fourth-order valence-electron chi connectivity index (χ4n) is 3.26. The number of pyridine rings is 1. The summed E-state index contributed by atoms with van der Waals surface area (Å²) in [6.45, 7) is 3.60. The van der Waals surface area contributed by atoms with Crippen LogP contribution in [0.15, 0.2) is 59.5 Å². The minimum atomic E-state index is -0.884. The Hall–Kier alpha value is -3.81. The second-order valence-corrected chi connectivity index (χ2v) is 6.99. The van der Waals surface area contributed by atoms with E-state index in [-0.39, 0.29) is 17.8 Å². The molecule has 2 aromatic carbocycles. The molecule has 6 nitrogen and oxygen atoms in total. The van der Waals surface area contributed by atoms with Crippen molar-refractivity contribution in [3.05, 3.63) is 87.8 Å². The van der Waals surface area contributed by atoms with Gasteiger partial charge in [0.05, 0.1) is 16.8 Å². The van der Waals surface area contributed by atoms with E-state index in [0.717, 1.165) is 23.3 Å². The van der Waals surface area contributed by atoms with Crippen molar-refractivity contribution in [3.63, 3.8) is 0 Å². The lowest BCUT2D eigenvalue weighted by atomic mass is 10.1. The summed E-state index contributed by atoms with van der Waals surface area (Å²) in [5.74, 6) is -2.21. The SMILES string of the molecule is Cc1ccc(-n2c(=O)c3cccnc3n2CC(=O)Nc2ccc(F)cc2F)cc1C. The topological polar surface area (TPSA) is 68.9 Å². The van der Waals surface area contributed by atoms with Crippen molar-refractivity contribution in [1.82, 2.24) is 14.3 Å². The molecule has 0 saturated heterocycles. The summed E-state index contributed by atoms with van der Waals surface area (Å²) >= 11 is 0. The summed E-state index contributed by atoms with van der Waals surface area (Å²) in [6.07, 6.45) is 1.53. The zero-order valence-electron chi connectivity index (χ0n) is 16.3. The normalized spacial score (nSPS) is 11.1. The number of halogens is 2. The third kappa shape index (κ3) is 3.47. The molecule has 0 aliphatic carbocycles. The number of hydrogen-bond donors (Lipinski definition) is 1. The Morgan fingerprint density at radius 3 is 2.60 bits per heavy atom. The van der Waals surface area contributed by atoms with E-state index < -0.39 is 17.5 Å². The molecule has 0 aliphatic heterocycles. The van der Waals surface area contributed by atoms with Crippen molar-refractivity contribution >= 4 is 22.6 Å². The molecule has 1 amide bonds. The first-order valence-electron chi connectivity index (χ1n) is 9.24. The summed E-state index contributed by atoms with van der Waals surface area (Å²) in [6, 6.07) is 11.7. The van der Waals surface area contributed by atoms with Crippen LogP contribution in [0, 0.1) is 25.5 Å². The van der Waals surface area contributed by atoms with E-state index in [1.165, 1.54) is 15.6 Å². The highest BCUT2D eigenvalue weighted by Crippen LogP contribution is 2.18. The largest absolute Gasteiger partial charge is 0.322 e. The molecular weight excluding hydrogens is 390 g/mol. The van der Waals surface area contributed by atoms with Gasteiger partial charge in [-0.05, 0) is 61.4 Å². The smallest absolute Gasteiger partial charge is 0.280 e. The lowest BCUT2D eigenvalue weighted by molar-refractivity contribution is -0.117. The number of fused-ring (bicyclic) bond motifs is 1. The highest BCUT2D eigenvalue weighted by Gasteiger charge is 2.19. The third-order valence-corrected chi connectivity index (χ3v) is 4.93. The molecule has 1 N–H and O–H groups in total. The lowest BCUT2D eigenvalue weighted by Gasteiger charge is -2.14. The molecule has 0 saturated carbocycles. The molecule has 8 heteroatoms. The van der Waals surface area contributed by atoms with Crippen LogP contribution < -0.4 is 10.9 Å². The van der Waals surface area contributed by atoms with Crippen molar-refractivity contribution in [2.45, 2.75) is 20.4 Å². The van der Waals surface area contributed by atoms with Gasteiger partial charge in [-0.15, -0.1) is 0 Å². The number of carbonyl (C=O) groups excluding carboxylic acids is 1. The van der Waals surface area contributed by atoms with E-state index in [2.05, 4.69) is 10.3 Å². The number of benzene rings is 2.